The van der Waals surface area contributed by atoms with Crippen molar-refractivity contribution in [1.29, 1.82) is 0 Å². The second kappa shape index (κ2) is 8.66. The van der Waals surface area contributed by atoms with Crippen LogP contribution in [-0.4, -0.2) is 31.5 Å². The van der Waals surface area contributed by atoms with E-state index in [4.69, 9.17) is 9.47 Å². The second-order valence-electron chi connectivity index (χ2n) is 8.79. The molecule has 0 bridgehead atoms. The molecule has 2 fully saturated rings. The molecule has 1 aliphatic carbocycles. The van der Waals surface area contributed by atoms with Crippen molar-refractivity contribution in [3.63, 3.8) is 0 Å². The Hall–Kier alpha value is -0.900. The average Bonchev–Trinajstić information content (AvgIpc) is 2.98. The molecule has 1 spiro atoms. The lowest BCUT2D eigenvalue weighted by atomic mass is 9.83. The van der Waals surface area contributed by atoms with E-state index in [0.29, 0.717) is 6.10 Å². The predicted molar refractivity (Wildman–Crippen MR) is 103 cm³/mol. The maximum Gasteiger partial charge on any atom is 0.0817 e. The molecule has 3 rings (SSSR count). The van der Waals surface area contributed by atoms with Gasteiger partial charge in [0.05, 0.1) is 24.9 Å². The van der Waals surface area contributed by atoms with Crippen molar-refractivity contribution < 1.29 is 9.47 Å². The molecule has 2 aliphatic rings. The third-order valence-corrected chi connectivity index (χ3v) is 5.68. The first-order chi connectivity index (χ1) is 12.1. The summed E-state index contributed by atoms with van der Waals surface area (Å²) in [4.78, 5) is 0. The summed E-state index contributed by atoms with van der Waals surface area (Å²) in [5, 5.41) is 3.56. The first-order valence-electron chi connectivity index (χ1n) is 10.1. The van der Waals surface area contributed by atoms with Gasteiger partial charge in [-0.05, 0) is 31.2 Å². The predicted octanol–water partition coefficient (Wildman–Crippen LogP) is 4.70. The van der Waals surface area contributed by atoms with Crippen molar-refractivity contribution in [2.45, 2.75) is 77.0 Å². The number of hydrogen-bond acceptors (Lipinski definition) is 3. The number of hydrogen-bond donors (Lipinski definition) is 1. The molecule has 1 aromatic rings. The Morgan fingerprint density at radius 2 is 1.88 bits per heavy atom. The van der Waals surface area contributed by atoms with Crippen LogP contribution in [0.5, 0.6) is 0 Å². The van der Waals surface area contributed by atoms with E-state index in [1.54, 1.807) is 0 Å². The Morgan fingerprint density at radius 3 is 2.64 bits per heavy atom. The van der Waals surface area contributed by atoms with E-state index >= 15 is 0 Å². The van der Waals surface area contributed by atoms with Crippen molar-refractivity contribution in [1.82, 2.24) is 5.32 Å². The van der Waals surface area contributed by atoms with E-state index in [2.05, 4.69) is 49.5 Å². The zero-order valence-electron chi connectivity index (χ0n) is 16.1. The van der Waals surface area contributed by atoms with Gasteiger partial charge in [-0.15, -0.1) is 0 Å². The Morgan fingerprint density at radius 1 is 1.12 bits per heavy atom. The van der Waals surface area contributed by atoms with E-state index in [-0.39, 0.29) is 11.0 Å². The lowest BCUT2D eigenvalue weighted by Crippen LogP contribution is -2.35. The highest BCUT2D eigenvalue weighted by Gasteiger charge is 2.40. The number of benzene rings is 1. The van der Waals surface area contributed by atoms with Gasteiger partial charge in [-0.3, -0.25) is 0 Å². The Labute approximate surface area is 153 Å². The first-order valence-corrected chi connectivity index (χ1v) is 10.1. The summed E-state index contributed by atoms with van der Waals surface area (Å²) in [5.74, 6) is 0. The fourth-order valence-electron chi connectivity index (χ4n) is 4.24. The van der Waals surface area contributed by atoms with Gasteiger partial charge in [0.1, 0.15) is 0 Å². The summed E-state index contributed by atoms with van der Waals surface area (Å²) in [6.07, 6.45) is 9.32. The van der Waals surface area contributed by atoms with Gasteiger partial charge >= 0.3 is 0 Å². The smallest absolute Gasteiger partial charge is 0.0817 e. The number of nitrogens with one attached hydrogen (secondary N) is 1. The fourth-order valence-corrected chi connectivity index (χ4v) is 4.24. The Kier molecular flexibility index (Phi) is 6.54. The third-order valence-electron chi connectivity index (χ3n) is 5.68. The first kappa shape index (κ1) is 18.9. The van der Waals surface area contributed by atoms with Crippen LogP contribution >= 0.6 is 0 Å². The molecule has 25 heavy (non-hydrogen) atoms. The maximum absolute atomic E-state index is 6.40. The van der Waals surface area contributed by atoms with Crippen LogP contribution in [-0.2, 0) is 16.0 Å². The van der Waals surface area contributed by atoms with Crippen molar-refractivity contribution in [3.05, 3.63) is 35.9 Å². The van der Waals surface area contributed by atoms with Crippen LogP contribution in [0.2, 0.25) is 0 Å². The lowest BCUT2D eigenvalue weighted by Gasteiger charge is -2.33. The molecule has 3 heteroatoms. The van der Waals surface area contributed by atoms with Crippen LogP contribution in [0.25, 0.3) is 0 Å². The molecule has 1 aliphatic heterocycles. The summed E-state index contributed by atoms with van der Waals surface area (Å²) in [6.45, 7) is 7.94. The number of ether oxygens (including phenoxy) is 2. The van der Waals surface area contributed by atoms with Crippen LogP contribution in [0.4, 0.5) is 0 Å². The largest absolute Gasteiger partial charge is 0.378 e. The van der Waals surface area contributed by atoms with Gasteiger partial charge in [0.2, 0.25) is 0 Å². The molecule has 0 amide bonds. The highest BCUT2D eigenvalue weighted by atomic mass is 16.6. The monoisotopic (exact) mass is 345 g/mol. The quantitative estimate of drug-likeness (QED) is 0.741. The zero-order chi connectivity index (χ0) is 17.6. The molecular weight excluding hydrogens is 310 g/mol. The third kappa shape index (κ3) is 5.80. The maximum atomic E-state index is 6.40. The standard InChI is InChI=1S/C22H35NO2/c1-21(2,17-23-15-19-9-5-3-6-10-19)18-24-16-20-11-14-22(25-20)12-7-4-8-13-22/h3,5-6,9-10,20,23H,4,7-8,11-18H2,1-2H3. The minimum atomic E-state index is 0.135. The lowest BCUT2D eigenvalue weighted by molar-refractivity contribution is -0.0937. The van der Waals surface area contributed by atoms with Crippen molar-refractivity contribution in [2.24, 2.45) is 5.41 Å². The summed E-state index contributed by atoms with van der Waals surface area (Å²) in [6, 6.07) is 10.6. The van der Waals surface area contributed by atoms with Gasteiger partial charge in [-0.25, -0.2) is 0 Å². The molecule has 1 heterocycles. The van der Waals surface area contributed by atoms with Crippen molar-refractivity contribution >= 4 is 0 Å². The molecule has 140 valence electrons. The molecule has 1 aromatic carbocycles. The molecule has 1 saturated carbocycles. The average molecular weight is 346 g/mol. The summed E-state index contributed by atoms with van der Waals surface area (Å²) < 4.78 is 12.5. The number of rotatable bonds is 8. The zero-order valence-corrected chi connectivity index (χ0v) is 16.1. The molecule has 1 N–H and O–H groups in total. The van der Waals surface area contributed by atoms with Gasteiger partial charge in [-0.2, -0.15) is 0 Å². The van der Waals surface area contributed by atoms with Gasteiger partial charge in [0.15, 0.2) is 0 Å². The van der Waals surface area contributed by atoms with E-state index < -0.39 is 0 Å². The minimum Gasteiger partial charge on any atom is -0.378 e. The van der Waals surface area contributed by atoms with Crippen LogP contribution < -0.4 is 5.32 Å². The molecule has 0 aromatic heterocycles. The highest BCUT2D eigenvalue weighted by molar-refractivity contribution is 5.14. The van der Waals surface area contributed by atoms with E-state index in [9.17, 15) is 0 Å². The van der Waals surface area contributed by atoms with Crippen LogP contribution in [0, 0.1) is 5.41 Å². The molecule has 1 saturated heterocycles. The molecule has 3 nitrogen and oxygen atoms in total. The molecular formula is C22H35NO2. The Balaban J connectivity index is 1.32. The van der Waals surface area contributed by atoms with Crippen LogP contribution in [0.1, 0.15) is 64.4 Å². The Bertz CT molecular complexity index is 508. The summed E-state index contributed by atoms with van der Waals surface area (Å²) in [5.41, 5.74) is 1.67. The van der Waals surface area contributed by atoms with Crippen LogP contribution in [0.3, 0.4) is 0 Å². The van der Waals surface area contributed by atoms with Gasteiger partial charge in [-0.1, -0.05) is 63.4 Å². The van der Waals surface area contributed by atoms with Crippen molar-refractivity contribution in [3.8, 4) is 0 Å². The summed E-state index contributed by atoms with van der Waals surface area (Å²) >= 11 is 0. The van der Waals surface area contributed by atoms with E-state index in [1.807, 2.05) is 0 Å². The van der Waals surface area contributed by atoms with Gasteiger partial charge in [0.25, 0.3) is 0 Å². The van der Waals surface area contributed by atoms with Crippen LogP contribution in [0.15, 0.2) is 30.3 Å². The van der Waals surface area contributed by atoms with E-state index in [1.165, 1.54) is 50.5 Å². The fraction of sp³-hybridized carbons (Fsp3) is 0.727. The van der Waals surface area contributed by atoms with Crippen molar-refractivity contribution in [2.75, 3.05) is 19.8 Å². The van der Waals surface area contributed by atoms with Gasteiger partial charge in [0, 0.05) is 18.5 Å². The topological polar surface area (TPSA) is 30.5 Å². The minimum absolute atomic E-state index is 0.135. The molecule has 0 radical (unpaired) electrons. The highest BCUT2D eigenvalue weighted by Crippen LogP contribution is 2.41. The van der Waals surface area contributed by atoms with Gasteiger partial charge < -0.3 is 14.8 Å². The summed E-state index contributed by atoms with van der Waals surface area (Å²) in [7, 11) is 0. The normalized spacial score (nSPS) is 23.2. The van der Waals surface area contributed by atoms with E-state index in [0.717, 1.165) is 26.3 Å². The second-order valence-corrected chi connectivity index (χ2v) is 8.79. The SMILES string of the molecule is CC(C)(CNCc1ccccc1)COCC1CCC2(CCCCC2)O1. The molecule has 1 atom stereocenters. The molecule has 1 unspecified atom stereocenters.